The number of hydrogen-bond acceptors (Lipinski definition) is 2. The first kappa shape index (κ1) is 18.7. The van der Waals surface area contributed by atoms with Crippen LogP contribution in [0, 0.1) is 17.7 Å². The summed E-state index contributed by atoms with van der Waals surface area (Å²) < 4.78 is 13.9. The average molecular weight is 380 g/mol. The van der Waals surface area contributed by atoms with Crippen LogP contribution in [0.1, 0.15) is 36.3 Å². The molecule has 2 aliphatic rings. The van der Waals surface area contributed by atoms with Gasteiger partial charge in [0.2, 0.25) is 11.8 Å². The van der Waals surface area contributed by atoms with E-state index in [-0.39, 0.29) is 35.4 Å². The highest BCUT2D eigenvalue weighted by Crippen LogP contribution is 2.49. The summed E-state index contributed by atoms with van der Waals surface area (Å²) >= 11 is 0. The van der Waals surface area contributed by atoms with Crippen molar-refractivity contribution in [1.29, 1.82) is 0 Å². The lowest BCUT2D eigenvalue weighted by Crippen LogP contribution is -2.43. The molecule has 1 N–H and O–H groups in total. The van der Waals surface area contributed by atoms with Gasteiger partial charge in [0, 0.05) is 31.5 Å². The van der Waals surface area contributed by atoms with Gasteiger partial charge in [-0.15, -0.1) is 0 Å². The number of nitrogens with zero attached hydrogens (tertiary/aromatic N) is 1. The smallest absolute Gasteiger partial charge is 0.226 e. The van der Waals surface area contributed by atoms with E-state index in [9.17, 15) is 14.0 Å². The van der Waals surface area contributed by atoms with Crippen LogP contribution in [-0.4, -0.2) is 29.8 Å². The number of halogens is 1. The third-order valence-electron chi connectivity index (χ3n) is 5.90. The first-order valence-corrected chi connectivity index (χ1v) is 9.98. The van der Waals surface area contributed by atoms with Crippen LogP contribution in [0.3, 0.4) is 0 Å². The summed E-state index contributed by atoms with van der Waals surface area (Å²) in [7, 11) is 0. The second-order valence-electron chi connectivity index (χ2n) is 7.77. The van der Waals surface area contributed by atoms with Gasteiger partial charge >= 0.3 is 0 Å². The average Bonchev–Trinajstić information content (AvgIpc) is 3.53. The van der Waals surface area contributed by atoms with Gasteiger partial charge in [0.05, 0.1) is 0 Å². The standard InChI is InChI=1S/C23H25FN2O2/c24-21-9-5-4-8-18(21)19-14-20(19)23(28)26-12-10-17(11-13-26)22(27)25-15-16-6-2-1-3-7-16/h1-9,17,19-20H,10-15H2,(H,25,27). The lowest BCUT2D eigenvalue weighted by Gasteiger charge is -2.31. The Balaban J connectivity index is 1.25. The van der Waals surface area contributed by atoms with Gasteiger partial charge in [0.15, 0.2) is 0 Å². The first-order chi connectivity index (χ1) is 13.6. The zero-order valence-electron chi connectivity index (χ0n) is 15.8. The molecule has 4 nitrogen and oxygen atoms in total. The van der Waals surface area contributed by atoms with Crippen LogP contribution >= 0.6 is 0 Å². The van der Waals surface area contributed by atoms with E-state index >= 15 is 0 Å². The van der Waals surface area contributed by atoms with Gasteiger partial charge in [-0.1, -0.05) is 48.5 Å². The molecule has 1 aliphatic heterocycles. The molecule has 0 spiro atoms. The molecule has 2 atom stereocenters. The lowest BCUT2D eigenvalue weighted by molar-refractivity contribution is -0.136. The molecule has 0 aromatic heterocycles. The predicted octanol–water partition coefficient (Wildman–Crippen LogP) is 3.48. The summed E-state index contributed by atoms with van der Waals surface area (Å²) in [6, 6.07) is 16.6. The summed E-state index contributed by atoms with van der Waals surface area (Å²) in [5.74, 6) is -0.213. The number of carbonyl (C=O) groups is 2. The maximum absolute atomic E-state index is 13.9. The Hall–Kier alpha value is -2.69. The van der Waals surface area contributed by atoms with Crippen molar-refractivity contribution >= 4 is 11.8 Å². The molecule has 1 saturated carbocycles. The number of likely N-dealkylation sites (tertiary alicyclic amines) is 1. The summed E-state index contributed by atoms with van der Waals surface area (Å²) in [4.78, 5) is 27.0. The second kappa shape index (κ2) is 8.13. The van der Waals surface area contributed by atoms with Crippen molar-refractivity contribution in [2.45, 2.75) is 31.7 Å². The van der Waals surface area contributed by atoms with Gasteiger partial charge < -0.3 is 10.2 Å². The van der Waals surface area contributed by atoms with Crippen LogP contribution in [0.4, 0.5) is 4.39 Å². The molecule has 2 unspecified atom stereocenters. The van der Waals surface area contributed by atoms with E-state index < -0.39 is 0 Å². The summed E-state index contributed by atoms with van der Waals surface area (Å²) in [6.07, 6.45) is 2.09. The molecule has 0 radical (unpaired) electrons. The monoisotopic (exact) mass is 380 g/mol. The second-order valence-corrected chi connectivity index (χ2v) is 7.77. The van der Waals surface area contributed by atoms with E-state index in [2.05, 4.69) is 5.32 Å². The van der Waals surface area contributed by atoms with Crippen LogP contribution in [0.5, 0.6) is 0 Å². The van der Waals surface area contributed by atoms with Crippen LogP contribution in [-0.2, 0) is 16.1 Å². The molecule has 146 valence electrons. The van der Waals surface area contributed by atoms with E-state index in [1.54, 1.807) is 12.1 Å². The molecule has 1 saturated heterocycles. The number of piperidine rings is 1. The Kier molecular flexibility index (Phi) is 5.42. The quantitative estimate of drug-likeness (QED) is 0.863. The third-order valence-corrected chi connectivity index (χ3v) is 5.90. The highest BCUT2D eigenvalue weighted by molar-refractivity contribution is 5.84. The van der Waals surface area contributed by atoms with Crippen molar-refractivity contribution in [3.63, 3.8) is 0 Å². The fraction of sp³-hybridized carbons (Fsp3) is 0.391. The molecule has 2 amide bonds. The number of hydrogen-bond donors (Lipinski definition) is 1. The van der Waals surface area contributed by atoms with Crippen molar-refractivity contribution in [2.75, 3.05) is 13.1 Å². The number of nitrogens with one attached hydrogen (secondary N) is 1. The Morgan fingerprint density at radius 2 is 1.68 bits per heavy atom. The molecule has 1 heterocycles. The van der Waals surface area contributed by atoms with Gasteiger partial charge in [-0.05, 0) is 42.4 Å². The van der Waals surface area contributed by atoms with Crippen LogP contribution < -0.4 is 5.32 Å². The van der Waals surface area contributed by atoms with E-state index in [0.717, 1.165) is 12.0 Å². The zero-order chi connectivity index (χ0) is 19.5. The summed E-state index contributed by atoms with van der Waals surface area (Å²) in [5, 5.41) is 3.00. The minimum Gasteiger partial charge on any atom is -0.352 e. The minimum absolute atomic E-state index is 0.000550. The molecular weight excluding hydrogens is 355 g/mol. The number of benzene rings is 2. The first-order valence-electron chi connectivity index (χ1n) is 9.98. The molecule has 28 heavy (non-hydrogen) atoms. The molecule has 2 aromatic carbocycles. The molecular formula is C23H25FN2O2. The molecule has 5 heteroatoms. The normalized spacial score (nSPS) is 22.0. The molecule has 1 aliphatic carbocycles. The Morgan fingerprint density at radius 1 is 1.00 bits per heavy atom. The fourth-order valence-electron chi connectivity index (χ4n) is 4.11. The summed E-state index contributed by atoms with van der Waals surface area (Å²) in [6.45, 7) is 1.73. The highest BCUT2D eigenvalue weighted by Gasteiger charge is 2.47. The maximum atomic E-state index is 13.9. The Bertz CT molecular complexity index is 847. The van der Waals surface area contributed by atoms with Gasteiger partial charge in [0.1, 0.15) is 5.82 Å². The van der Waals surface area contributed by atoms with Crippen LogP contribution in [0.15, 0.2) is 54.6 Å². The Labute approximate surface area is 164 Å². The maximum Gasteiger partial charge on any atom is 0.226 e. The Morgan fingerprint density at radius 3 is 2.39 bits per heavy atom. The SMILES string of the molecule is O=C(NCc1ccccc1)C1CCN(C(=O)C2CC2c2ccccc2F)CC1. The van der Waals surface area contributed by atoms with E-state index in [4.69, 9.17) is 0 Å². The fourth-order valence-corrected chi connectivity index (χ4v) is 4.11. The largest absolute Gasteiger partial charge is 0.352 e. The predicted molar refractivity (Wildman–Crippen MR) is 105 cm³/mol. The topological polar surface area (TPSA) is 49.4 Å². The minimum atomic E-state index is -0.225. The number of amides is 2. The lowest BCUT2D eigenvalue weighted by atomic mass is 9.95. The molecule has 0 bridgehead atoms. The summed E-state index contributed by atoms with van der Waals surface area (Å²) in [5.41, 5.74) is 1.73. The van der Waals surface area contributed by atoms with Gasteiger partial charge in [0.25, 0.3) is 0 Å². The molecule has 2 aromatic rings. The van der Waals surface area contributed by atoms with E-state index in [1.165, 1.54) is 6.07 Å². The van der Waals surface area contributed by atoms with Crippen molar-refractivity contribution in [1.82, 2.24) is 10.2 Å². The van der Waals surface area contributed by atoms with Crippen molar-refractivity contribution in [3.8, 4) is 0 Å². The van der Waals surface area contributed by atoms with E-state index in [1.807, 2.05) is 41.3 Å². The van der Waals surface area contributed by atoms with Crippen LogP contribution in [0.25, 0.3) is 0 Å². The molecule has 4 rings (SSSR count). The molecule has 2 fully saturated rings. The number of carbonyl (C=O) groups excluding carboxylic acids is 2. The van der Waals surface area contributed by atoms with Crippen molar-refractivity contribution < 1.29 is 14.0 Å². The zero-order valence-corrected chi connectivity index (χ0v) is 15.8. The van der Waals surface area contributed by atoms with Gasteiger partial charge in [-0.3, -0.25) is 9.59 Å². The highest BCUT2D eigenvalue weighted by atomic mass is 19.1. The van der Waals surface area contributed by atoms with Gasteiger partial charge in [-0.25, -0.2) is 4.39 Å². The number of rotatable bonds is 5. The van der Waals surface area contributed by atoms with Gasteiger partial charge in [-0.2, -0.15) is 0 Å². The van der Waals surface area contributed by atoms with Crippen LogP contribution in [0.2, 0.25) is 0 Å². The van der Waals surface area contributed by atoms with Crippen molar-refractivity contribution in [3.05, 3.63) is 71.5 Å². The third kappa shape index (κ3) is 4.08. The van der Waals surface area contributed by atoms with E-state index in [0.29, 0.717) is 38.0 Å². The van der Waals surface area contributed by atoms with Crippen molar-refractivity contribution in [2.24, 2.45) is 11.8 Å².